The van der Waals surface area contributed by atoms with E-state index in [0.29, 0.717) is 21.8 Å². The van der Waals surface area contributed by atoms with Crippen LogP contribution in [0.1, 0.15) is 0 Å². The number of halogens is 2. The Kier molecular flexibility index (Phi) is 6.02. The average Bonchev–Trinajstić information content (AvgIpc) is 3.37. The first-order valence-corrected chi connectivity index (χ1v) is 11.1. The predicted octanol–water partition coefficient (Wildman–Crippen LogP) is 5.23. The van der Waals surface area contributed by atoms with Crippen molar-refractivity contribution in [3.8, 4) is 22.6 Å². The summed E-state index contributed by atoms with van der Waals surface area (Å²) in [5.41, 5.74) is 2.37. The lowest BCUT2D eigenvalue weighted by Crippen LogP contribution is -2.13. The van der Waals surface area contributed by atoms with E-state index in [9.17, 15) is 9.18 Å². The molecule has 0 aliphatic heterocycles. The molecule has 2 N–H and O–H groups in total. The molecule has 6 nitrogen and oxygen atoms in total. The summed E-state index contributed by atoms with van der Waals surface area (Å²) in [7, 11) is 0. The summed E-state index contributed by atoms with van der Waals surface area (Å²) in [5, 5.41) is 12.6. The number of anilines is 1. The van der Waals surface area contributed by atoms with Crippen LogP contribution in [-0.2, 0) is 4.79 Å². The fraction of sp³-hybridized carbons (Fsp3) is 0.0526. The second-order valence-corrected chi connectivity index (χ2v) is 8.48. The summed E-state index contributed by atoms with van der Waals surface area (Å²) in [6.45, 7) is 0. The number of hydrogen-bond acceptors (Lipinski definition) is 6. The van der Waals surface area contributed by atoms with Gasteiger partial charge < -0.3 is 5.32 Å². The molecule has 0 radical (unpaired) electrons. The minimum Gasteiger partial charge on any atom is -0.301 e. The van der Waals surface area contributed by atoms with Gasteiger partial charge in [-0.25, -0.2) is 14.4 Å². The molecule has 4 aromatic rings. The van der Waals surface area contributed by atoms with Gasteiger partial charge in [-0.15, -0.1) is 16.4 Å². The van der Waals surface area contributed by atoms with Crippen molar-refractivity contribution in [2.75, 3.05) is 11.1 Å². The number of thiazole rings is 1. The van der Waals surface area contributed by atoms with Gasteiger partial charge in [0.05, 0.1) is 11.4 Å². The third-order valence-corrected chi connectivity index (χ3v) is 6.11. The van der Waals surface area contributed by atoms with Crippen molar-refractivity contribution in [1.29, 1.82) is 0 Å². The fourth-order valence-corrected chi connectivity index (χ4v) is 4.26. The van der Waals surface area contributed by atoms with E-state index < -0.39 is 0 Å². The number of H-pyrrole nitrogens is 1. The Balaban J connectivity index is 1.34. The number of nitrogens with one attached hydrogen (secondary N) is 2. The zero-order chi connectivity index (χ0) is 20.2. The molecule has 0 fully saturated rings. The van der Waals surface area contributed by atoms with E-state index in [1.165, 1.54) is 35.2 Å². The van der Waals surface area contributed by atoms with E-state index in [1.54, 1.807) is 12.1 Å². The maximum absolute atomic E-state index is 13.0. The molecule has 4 rings (SSSR count). The second kappa shape index (κ2) is 8.85. The largest absolute Gasteiger partial charge is 0.301 e. The molecule has 0 aliphatic rings. The molecular formula is C19H13BrFN5OS2. The van der Waals surface area contributed by atoms with E-state index in [1.807, 2.05) is 29.6 Å². The van der Waals surface area contributed by atoms with Crippen molar-refractivity contribution in [1.82, 2.24) is 20.2 Å². The second-order valence-electron chi connectivity index (χ2n) is 5.83. The minimum absolute atomic E-state index is 0.152. The average molecular weight is 490 g/mol. The zero-order valence-electron chi connectivity index (χ0n) is 14.7. The van der Waals surface area contributed by atoms with Crippen LogP contribution in [0.25, 0.3) is 22.6 Å². The third-order valence-electron chi connectivity index (χ3n) is 3.82. The number of carbonyl (C=O) groups is 1. The first kappa shape index (κ1) is 19.7. The van der Waals surface area contributed by atoms with Crippen LogP contribution >= 0.6 is 39.0 Å². The Morgan fingerprint density at radius 1 is 1.17 bits per heavy atom. The molecule has 2 aromatic carbocycles. The summed E-state index contributed by atoms with van der Waals surface area (Å²) in [6, 6.07) is 13.7. The third kappa shape index (κ3) is 4.89. The molecule has 0 bridgehead atoms. The number of amides is 1. The van der Waals surface area contributed by atoms with Crippen LogP contribution < -0.4 is 5.32 Å². The van der Waals surface area contributed by atoms with Crippen LogP contribution in [0.2, 0.25) is 0 Å². The number of benzene rings is 2. The van der Waals surface area contributed by atoms with Gasteiger partial charge in [0, 0.05) is 21.0 Å². The quantitative estimate of drug-likeness (QED) is 0.362. The van der Waals surface area contributed by atoms with Crippen LogP contribution in [0.15, 0.2) is 63.5 Å². The standard InChI is InChI=1S/C19H13BrFN5OS2/c20-14-4-2-1-3-13(14)17-24-19(26-25-17)29-10-16(27)23-18-22-15(9-28-18)11-5-7-12(21)8-6-11/h1-9H,10H2,(H,22,23,27)(H,24,25,26). The molecule has 0 atom stereocenters. The lowest BCUT2D eigenvalue weighted by atomic mass is 10.2. The molecule has 10 heteroatoms. The Bertz CT molecular complexity index is 1150. The van der Waals surface area contributed by atoms with Crippen molar-refractivity contribution in [3.05, 3.63) is 64.2 Å². The highest BCUT2D eigenvalue weighted by molar-refractivity contribution is 9.10. The van der Waals surface area contributed by atoms with Gasteiger partial charge in [-0.2, -0.15) is 0 Å². The highest BCUT2D eigenvalue weighted by Crippen LogP contribution is 2.27. The molecule has 29 heavy (non-hydrogen) atoms. The minimum atomic E-state index is -0.302. The Morgan fingerprint density at radius 3 is 2.76 bits per heavy atom. The maximum atomic E-state index is 13.0. The zero-order valence-corrected chi connectivity index (χ0v) is 17.9. The van der Waals surface area contributed by atoms with E-state index in [0.717, 1.165) is 15.6 Å². The Labute approximate surface area is 182 Å². The van der Waals surface area contributed by atoms with Gasteiger partial charge in [-0.05, 0) is 30.3 Å². The van der Waals surface area contributed by atoms with E-state index in [4.69, 9.17) is 0 Å². The van der Waals surface area contributed by atoms with Gasteiger partial charge >= 0.3 is 0 Å². The lowest BCUT2D eigenvalue weighted by Gasteiger charge is -2.00. The molecule has 0 saturated carbocycles. The van der Waals surface area contributed by atoms with Crippen molar-refractivity contribution in [3.63, 3.8) is 0 Å². The summed E-state index contributed by atoms with van der Waals surface area (Å²) < 4.78 is 13.9. The highest BCUT2D eigenvalue weighted by Gasteiger charge is 2.12. The normalized spacial score (nSPS) is 10.8. The highest BCUT2D eigenvalue weighted by atomic mass is 79.9. The number of hydrogen-bond donors (Lipinski definition) is 2. The number of nitrogens with zero attached hydrogens (tertiary/aromatic N) is 3. The topological polar surface area (TPSA) is 83.6 Å². The first-order valence-electron chi connectivity index (χ1n) is 8.40. The smallest absolute Gasteiger partial charge is 0.236 e. The fourth-order valence-electron chi connectivity index (χ4n) is 2.45. The van der Waals surface area contributed by atoms with Gasteiger partial charge in [0.1, 0.15) is 5.82 Å². The van der Waals surface area contributed by atoms with Gasteiger partial charge in [-0.3, -0.25) is 9.89 Å². The van der Waals surface area contributed by atoms with Crippen LogP contribution in [0.4, 0.5) is 9.52 Å². The molecule has 1 amide bonds. The molecule has 2 heterocycles. The number of carbonyl (C=O) groups excluding carboxylic acids is 1. The Morgan fingerprint density at radius 2 is 1.97 bits per heavy atom. The SMILES string of the molecule is O=C(CSc1n[nH]c(-c2ccccc2Br)n1)Nc1nc(-c2ccc(F)cc2)cs1. The number of aromatic nitrogens is 4. The monoisotopic (exact) mass is 489 g/mol. The molecule has 0 unspecified atom stereocenters. The molecule has 146 valence electrons. The van der Waals surface area contributed by atoms with Crippen LogP contribution in [0.3, 0.4) is 0 Å². The molecule has 0 spiro atoms. The van der Waals surface area contributed by atoms with Crippen LogP contribution in [0, 0.1) is 5.82 Å². The van der Waals surface area contributed by atoms with Crippen molar-refractivity contribution in [2.24, 2.45) is 0 Å². The van der Waals surface area contributed by atoms with Crippen LogP contribution in [0.5, 0.6) is 0 Å². The van der Waals surface area contributed by atoms with Gasteiger partial charge in [0.2, 0.25) is 11.1 Å². The summed E-state index contributed by atoms with van der Waals surface area (Å²) in [5.74, 6) is 0.273. The van der Waals surface area contributed by atoms with Crippen molar-refractivity contribution >= 4 is 50.1 Å². The van der Waals surface area contributed by atoms with E-state index in [2.05, 4.69) is 41.4 Å². The summed E-state index contributed by atoms with van der Waals surface area (Å²) >= 11 is 6.02. The predicted molar refractivity (Wildman–Crippen MR) is 116 cm³/mol. The van der Waals surface area contributed by atoms with E-state index in [-0.39, 0.29) is 17.5 Å². The van der Waals surface area contributed by atoms with Gasteiger partial charge in [0.15, 0.2) is 11.0 Å². The molecule has 0 aliphatic carbocycles. The summed E-state index contributed by atoms with van der Waals surface area (Å²) in [6.07, 6.45) is 0. The maximum Gasteiger partial charge on any atom is 0.236 e. The van der Waals surface area contributed by atoms with Gasteiger partial charge in [0.25, 0.3) is 0 Å². The Hall–Kier alpha value is -2.56. The van der Waals surface area contributed by atoms with Crippen molar-refractivity contribution < 1.29 is 9.18 Å². The summed E-state index contributed by atoms with van der Waals surface area (Å²) in [4.78, 5) is 21.0. The molecule has 0 saturated heterocycles. The van der Waals surface area contributed by atoms with E-state index >= 15 is 0 Å². The van der Waals surface area contributed by atoms with Crippen LogP contribution in [-0.4, -0.2) is 31.8 Å². The van der Waals surface area contributed by atoms with Crippen molar-refractivity contribution in [2.45, 2.75) is 5.16 Å². The number of rotatable bonds is 6. The first-order chi connectivity index (χ1) is 14.1. The molecular weight excluding hydrogens is 477 g/mol. The molecule has 2 aromatic heterocycles. The number of thioether (sulfide) groups is 1. The van der Waals surface area contributed by atoms with Gasteiger partial charge in [-0.1, -0.05) is 45.9 Å². The number of aromatic amines is 1. The lowest BCUT2D eigenvalue weighted by molar-refractivity contribution is -0.113.